The average Bonchev–Trinajstić information content (AvgIpc) is 2.94. The Balaban J connectivity index is 1.47. The zero-order valence-electron chi connectivity index (χ0n) is 12.7. The molecule has 1 saturated heterocycles. The predicted octanol–water partition coefficient (Wildman–Crippen LogP) is 2.83. The molecular weight excluding hydrogens is 281 g/mol. The number of hydrogen-bond acceptors (Lipinski definition) is 4. The van der Waals surface area contributed by atoms with Crippen molar-refractivity contribution in [2.45, 2.75) is 19.9 Å². The second kappa shape index (κ2) is 6.83. The maximum atomic E-state index is 12.8. The molecule has 0 N–H and O–H groups in total. The highest BCUT2D eigenvalue weighted by molar-refractivity contribution is 5.11. The summed E-state index contributed by atoms with van der Waals surface area (Å²) in [7, 11) is 0. The fraction of sp³-hybridized carbons (Fsp3) is 0.412. The smallest absolute Gasteiger partial charge is 0.213 e. The molecule has 1 atom stereocenters. The number of nitrogens with zero attached hydrogens (tertiary/aromatic N) is 3. The third kappa shape index (κ3) is 4.01. The second-order valence-corrected chi connectivity index (χ2v) is 5.79. The molecule has 1 aliphatic rings. The molecule has 0 spiro atoms. The van der Waals surface area contributed by atoms with Crippen LogP contribution in [0.25, 0.3) is 0 Å². The van der Waals surface area contributed by atoms with Gasteiger partial charge < -0.3 is 4.74 Å². The number of likely N-dealkylation sites (tertiary alicyclic amines) is 1. The maximum Gasteiger partial charge on any atom is 0.213 e. The van der Waals surface area contributed by atoms with Crippen LogP contribution in [0.4, 0.5) is 4.39 Å². The van der Waals surface area contributed by atoms with Gasteiger partial charge in [-0.1, -0.05) is 6.07 Å². The molecule has 0 bridgehead atoms. The van der Waals surface area contributed by atoms with Gasteiger partial charge in [0.05, 0.1) is 18.5 Å². The van der Waals surface area contributed by atoms with Gasteiger partial charge in [0.15, 0.2) is 0 Å². The van der Waals surface area contributed by atoms with Crippen LogP contribution < -0.4 is 4.74 Å². The molecule has 1 aliphatic heterocycles. The van der Waals surface area contributed by atoms with Gasteiger partial charge in [-0.25, -0.2) is 9.37 Å². The molecule has 1 unspecified atom stereocenters. The van der Waals surface area contributed by atoms with Gasteiger partial charge in [0.2, 0.25) is 5.88 Å². The Kier molecular flexibility index (Phi) is 4.63. The lowest BCUT2D eigenvalue weighted by molar-refractivity contribution is 0.231. The molecule has 0 aliphatic carbocycles. The fourth-order valence-corrected chi connectivity index (χ4v) is 2.76. The van der Waals surface area contributed by atoms with E-state index in [-0.39, 0.29) is 5.82 Å². The Hall–Kier alpha value is -2.01. The van der Waals surface area contributed by atoms with Crippen LogP contribution in [0.1, 0.15) is 17.8 Å². The molecule has 0 aromatic carbocycles. The molecule has 0 saturated carbocycles. The van der Waals surface area contributed by atoms with Crippen LogP contribution >= 0.6 is 0 Å². The first-order valence-corrected chi connectivity index (χ1v) is 7.58. The predicted molar refractivity (Wildman–Crippen MR) is 82.0 cm³/mol. The summed E-state index contributed by atoms with van der Waals surface area (Å²) in [4.78, 5) is 10.9. The van der Waals surface area contributed by atoms with Crippen LogP contribution in [0.2, 0.25) is 0 Å². The molecule has 5 heteroatoms. The number of pyridine rings is 2. The summed E-state index contributed by atoms with van der Waals surface area (Å²) in [5.41, 5.74) is 2.17. The number of hydrogen-bond donors (Lipinski definition) is 0. The minimum absolute atomic E-state index is 0.343. The van der Waals surface area contributed by atoms with E-state index in [0.29, 0.717) is 18.4 Å². The third-order valence-electron chi connectivity index (χ3n) is 3.87. The second-order valence-electron chi connectivity index (χ2n) is 5.79. The maximum absolute atomic E-state index is 12.8. The largest absolute Gasteiger partial charge is 0.477 e. The SMILES string of the molecule is Cc1cccc(CN2CCC(COc3ccc(F)cn3)C2)n1. The van der Waals surface area contributed by atoms with Crippen molar-refractivity contribution in [2.24, 2.45) is 5.92 Å². The number of aryl methyl sites for hydroxylation is 1. The van der Waals surface area contributed by atoms with Crippen molar-refractivity contribution in [2.75, 3.05) is 19.7 Å². The highest BCUT2D eigenvalue weighted by atomic mass is 19.1. The molecule has 22 heavy (non-hydrogen) atoms. The first-order valence-electron chi connectivity index (χ1n) is 7.58. The fourth-order valence-electron chi connectivity index (χ4n) is 2.76. The minimum Gasteiger partial charge on any atom is -0.477 e. The van der Waals surface area contributed by atoms with Crippen LogP contribution in [0, 0.1) is 18.7 Å². The van der Waals surface area contributed by atoms with Gasteiger partial charge in [-0.05, 0) is 38.1 Å². The van der Waals surface area contributed by atoms with Gasteiger partial charge in [-0.3, -0.25) is 9.88 Å². The van der Waals surface area contributed by atoms with E-state index in [0.717, 1.165) is 37.4 Å². The average molecular weight is 301 g/mol. The lowest BCUT2D eigenvalue weighted by atomic mass is 10.1. The van der Waals surface area contributed by atoms with E-state index in [9.17, 15) is 4.39 Å². The summed E-state index contributed by atoms with van der Waals surface area (Å²) in [6.07, 6.45) is 2.28. The van der Waals surface area contributed by atoms with E-state index in [1.54, 1.807) is 6.07 Å². The van der Waals surface area contributed by atoms with E-state index >= 15 is 0 Å². The van der Waals surface area contributed by atoms with Crippen LogP contribution in [0.5, 0.6) is 5.88 Å². The lowest BCUT2D eigenvalue weighted by Crippen LogP contribution is -2.22. The molecule has 4 nitrogen and oxygen atoms in total. The Labute approximate surface area is 130 Å². The highest BCUT2D eigenvalue weighted by Crippen LogP contribution is 2.19. The van der Waals surface area contributed by atoms with Crippen molar-refractivity contribution < 1.29 is 9.13 Å². The molecule has 116 valence electrons. The van der Waals surface area contributed by atoms with Gasteiger partial charge in [-0.2, -0.15) is 0 Å². The first-order chi connectivity index (χ1) is 10.7. The minimum atomic E-state index is -0.343. The molecule has 3 rings (SSSR count). The molecule has 0 amide bonds. The number of aromatic nitrogens is 2. The molecule has 1 fully saturated rings. The van der Waals surface area contributed by atoms with Gasteiger partial charge in [0.1, 0.15) is 5.82 Å². The van der Waals surface area contributed by atoms with Crippen molar-refractivity contribution >= 4 is 0 Å². The Morgan fingerprint density at radius 1 is 1.32 bits per heavy atom. The Bertz CT molecular complexity index is 618. The lowest BCUT2D eigenvalue weighted by Gasteiger charge is -2.16. The highest BCUT2D eigenvalue weighted by Gasteiger charge is 2.23. The zero-order valence-corrected chi connectivity index (χ0v) is 12.7. The van der Waals surface area contributed by atoms with E-state index in [1.165, 1.54) is 12.3 Å². The summed E-state index contributed by atoms with van der Waals surface area (Å²) in [6, 6.07) is 9.07. The summed E-state index contributed by atoms with van der Waals surface area (Å²) in [5.74, 6) is 0.627. The number of ether oxygens (including phenoxy) is 1. The first kappa shape index (κ1) is 14.9. The van der Waals surface area contributed by atoms with Crippen molar-refractivity contribution in [1.82, 2.24) is 14.9 Å². The van der Waals surface area contributed by atoms with E-state index in [4.69, 9.17) is 4.74 Å². The zero-order chi connectivity index (χ0) is 15.4. The summed E-state index contributed by atoms with van der Waals surface area (Å²) in [6.45, 7) is 5.57. The van der Waals surface area contributed by atoms with Gasteiger partial charge in [0.25, 0.3) is 0 Å². The molecule has 3 heterocycles. The standard InChI is InChI=1S/C17H20FN3O/c1-13-3-2-4-16(20-13)11-21-8-7-14(10-21)12-22-17-6-5-15(18)9-19-17/h2-6,9,14H,7-8,10-12H2,1H3. The van der Waals surface area contributed by atoms with Crippen LogP contribution in [0.3, 0.4) is 0 Å². The molecule has 2 aromatic rings. The van der Waals surface area contributed by atoms with E-state index in [1.807, 2.05) is 13.0 Å². The summed E-state index contributed by atoms with van der Waals surface area (Å²) >= 11 is 0. The number of rotatable bonds is 5. The quantitative estimate of drug-likeness (QED) is 0.851. The van der Waals surface area contributed by atoms with Crippen molar-refractivity contribution in [3.05, 3.63) is 53.7 Å². The summed E-state index contributed by atoms with van der Waals surface area (Å²) < 4.78 is 18.4. The third-order valence-corrected chi connectivity index (χ3v) is 3.87. The van der Waals surface area contributed by atoms with Crippen molar-refractivity contribution in [1.29, 1.82) is 0 Å². The van der Waals surface area contributed by atoms with Crippen LogP contribution in [-0.2, 0) is 6.54 Å². The topological polar surface area (TPSA) is 38.2 Å². The van der Waals surface area contributed by atoms with Gasteiger partial charge in [-0.15, -0.1) is 0 Å². The normalized spacial score (nSPS) is 18.5. The monoisotopic (exact) mass is 301 g/mol. The Morgan fingerprint density at radius 2 is 2.23 bits per heavy atom. The van der Waals surface area contributed by atoms with Gasteiger partial charge in [0, 0.05) is 30.8 Å². The Morgan fingerprint density at radius 3 is 3.00 bits per heavy atom. The van der Waals surface area contributed by atoms with Crippen LogP contribution in [0.15, 0.2) is 36.5 Å². The number of halogens is 1. The van der Waals surface area contributed by atoms with Crippen LogP contribution in [-0.4, -0.2) is 34.6 Å². The molecule has 0 radical (unpaired) electrons. The molecular formula is C17H20FN3O. The van der Waals surface area contributed by atoms with Gasteiger partial charge >= 0.3 is 0 Å². The van der Waals surface area contributed by atoms with Crippen molar-refractivity contribution in [3.8, 4) is 5.88 Å². The van der Waals surface area contributed by atoms with E-state index < -0.39 is 0 Å². The van der Waals surface area contributed by atoms with Crippen molar-refractivity contribution in [3.63, 3.8) is 0 Å². The van der Waals surface area contributed by atoms with E-state index in [2.05, 4.69) is 27.0 Å². The molecule has 2 aromatic heterocycles. The summed E-state index contributed by atoms with van der Waals surface area (Å²) in [5, 5.41) is 0.